The molecule has 4 atom stereocenters. The van der Waals surface area contributed by atoms with Crippen molar-refractivity contribution < 1.29 is 23.9 Å². The van der Waals surface area contributed by atoms with Gasteiger partial charge in [0.1, 0.15) is 30.9 Å². The first-order valence-corrected chi connectivity index (χ1v) is 13.5. The summed E-state index contributed by atoms with van der Waals surface area (Å²) < 4.78 is 11.1. The summed E-state index contributed by atoms with van der Waals surface area (Å²) in [5.74, 6) is 0.105. The summed E-state index contributed by atoms with van der Waals surface area (Å²) in [6.07, 6.45) is 4.74. The van der Waals surface area contributed by atoms with Gasteiger partial charge in [0.25, 0.3) is 5.91 Å². The van der Waals surface area contributed by atoms with Crippen molar-refractivity contribution >= 4 is 17.6 Å². The number of Topliss-reactive ketones (excluding diaryl/α,β-unsaturated/α-hetero) is 1. The van der Waals surface area contributed by atoms with E-state index in [-0.39, 0.29) is 42.8 Å². The number of amides is 2. The lowest BCUT2D eigenvalue weighted by Crippen LogP contribution is -2.52. The second-order valence-corrected chi connectivity index (χ2v) is 11.3. The summed E-state index contributed by atoms with van der Waals surface area (Å²) in [5.41, 5.74) is 1.83. The number of hydrogen-bond acceptors (Lipinski definition) is 6. The van der Waals surface area contributed by atoms with Crippen molar-refractivity contribution in [2.75, 3.05) is 33.4 Å². The molecule has 4 fully saturated rings. The molecule has 4 aliphatic rings. The Kier molecular flexibility index (Phi) is 7.47. The third kappa shape index (κ3) is 5.22. The van der Waals surface area contributed by atoms with Crippen LogP contribution in [-0.4, -0.2) is 91.1 Å². The van der Waals surface area contributed by atoms with Crippen LogP contribution in [0.1, 0.15) is 67.8 Å². The van der Waals surface area contributed by atoms with Crippen LogP contribution in [0.2, 0.25) is 0 Å². The van der Waals surface area contributed by atoms with Crippen molar-refractivity contribution in [1.82, 2.24) is 15.1 Å². The first-order valence-electron chi connectivity index (χ1n) is 13.5. The summed E-state index contributed by atoms with van der Waals surface area (Å²) in [4.78, 5) is 43.4. The van der Waals surface area contributed by atoms with Crippen LogP contribution in [0.5, 0.6) is 0 Å². The van der Waals surface area contributed by atoms with Gasteiger partial charge in [-0.15, -0.1) is 0 Å². The van der Waals surface area contributed by atoms with Crippen LogP contribution < -0.4 is 5.32 Å². The lowest BCUT2D eigenvalue weighted by Gasteiger charge is -2.32. The smallest absolute Gasteiger partial charge is 0.251 e. The number of methoxy groups -OCH3 is 1. The monoisotopic (exact) mass is 497 g/mol. The lowest BCUT2D eigenvalue weighted by atomic mass is 9.89. The van der Waals surface area contributed by atoms with E-state index in [1.54, 1.807) is 12.0 Å². The Balaban J connectivity index is 1.23. The van der Waals surface area contributed by atoms with Crippen LogP contribution in [0, 0.1) is 5.92 Å². The standard InChI is InChI=1S/C28H39N3O5/c1-17(2)14-22(28(34)31-15-24(35-3)26-25(31)23(32)16-36-26)29-27(33)20-6-4-18(5-7-20)19-10-12-30(13-11-19)21-8-9-21/h4-7,17,19,21-22,24-26H,8-16H2,1-3H3,(H,29,33)/t22-,24-,25+,26+/m0/s1. The third-order valence-electron chi connectivity index (χ3n) is 8.27. The highest BCUT2D eigenvalue weighted by Crippen LogP contribution is 2.35. The highest BCUT2D eigenvalue weighted by atomic mass is 16.5. The van der Waals surface area contributed by atoms with Gasteiger partial charge in [0.2, 0.25) is 5.91 Å². The number of piperidine rings is 1. The molecule has 3 heterocycles. The van der Waals surface area contributed by atoms with Crippen molar-refractivity contribution in [3.63, 3.8) is 0 Å². The Labute approximate surface area is 213 Å². The maximum Gasteiger partial charge on any atom is 0.251 e. The zero-order valence-electron chi connectivity index (χ0n) is 21.7. The number of ketones is 1. The molecule has 0 radical (unpaired) electrons. The number of carbonyl (C=O) groups excluding carboxylic acids is 3. The Bertz CT molecular complexity index is 968. The molecule has 1 saturated carbocycles. The minimum atomic E-state index is -0.714. The van der Waals surface area contributed by atoms with Gasteiger partial charge in [-0.3, -0.25) is 14.4 Å². The van der Waals surface area contributed by atoms with Crippen molar-refractivity contribution in [2.24, 2.45) is 5.92 Å². The van der Waals surface area contributed by atoms with Crippen molar-refractivity contribution in [3.8, 4) is 0 Å². The van der Waals surface area contributed by atoms with Gasteiger partial charge >= 0.3 is 0 Å². The second kappa shape index (κ2) is 10.6. The van der Waals surface area contributed by atoms with Crippen molar-refractivity contribution in [2.45, 2.75) is 82.2 Å². The maximum atomic E-state index is 13.6. The van der Waals surface area contributed by atoms with E-state index in [0.29, 0.717) is 17.9 Å². The molecule has 3 saturated heterocycles. The molecule has 1 aromatic rings. The van der Waals surface area contributed by atoms with Gasteiger partial charge < -0.3 is 24.6 Å². The van der Waals surface area contributed by atoms with Crippen LogP contribution in [-0.2, 0) is 19.1 Å². The Morgan fingerprint density at radius 1 is 1.11 bits per heavy atom. The molecule has 0 unspecified atom stereocenters. The quantitative estimate of drug-likeness (QED) is 0.593. The number of benzene rings is 1. The van der Waals surface area contributed by atoms with E-state index < -0.39 is 18.2 Å². The third-order valence-corrected chi connectivity index (χ3v) is 8.27. The van der Waals surface area contributed by atoms with E-state index in [4.69, 9.17) is 9.47 Å². The number of carbonyl (C=O) groups is 3. The Hall–Kier alpha value is -2.29. The van der Waals surface area contributed by atoms with Crippen LogP contribution in [0.15, 0.2) is 24.3 Å². The van der Waals surface area contributed by atoms with Gasteiger partial charge in [-0.05, 0) is 74.7 Å². The number of rotatable bonds is 8. The summed E-state index contributed by atoms with van der Waals surface area (Å²) >= 11 is 0. The molecular weight excluding hydrogens is 458 g/mol. The van der Waals surface area contributed by atoms with Gasteiger partial charge in [-0.25, -0.2) is 0 Å². The minimum Gasteiger partial charge on any atom is -0.377 e. The minimum absolute atomic E-state index is 0.00780. The van der Waals surface area contributed by atoms with Crippen LogP contribution >= 0.6 is 0 Å². The number of hydrogen-bond donors (Lipinski definition) is 1. The molecule has 36 heavy (non-hydrogen) atoms. The Morgan fingerprint density at radius 3 is 2.42 bits per heavy atom. The zero-order valence-corrected chi connectivity index (χ0v) is 21.7. The van der Waals surface area contributed by atoms with Gasteiger partial charge in [0.15, 0.2) is 5.78 Å². The zero-order chi connectivity index (χ0) is 25.4. The molecule has 1 aliphatic carbocycles. The van der Waals surface area contributed by atoms with Gasteiger partial charge in [-0.1, -0.05) is 26.0 Å². The topological polar surface area (TPSA) is 88.2 Å². The highest BCUT2D eigenvalue weighted by Gasteiger charge is 2.53. The normalized spacial score (nSPS) is 27.9. The predicted molar refractivity (Wildman–Crippen MR) is 135 cm³/mol. The predicted octanol–water partition coefficient (Wildman–Crippen LogP) is 2.37. The first-order chi connectivity index (χ1) is 17.4. The van der Waals surface area contributed by atoms with Crippen molar-refractivity contribution in [1.29, 1.82) is 0 Å². The van der Waals surface area contributed by atoms with Crippen molar-refractivity contribution in [3.05, 3.63) is 35.4 Å². The number of fused-ring (bicyclic) bond motifs is 1. The van der Waals surface area contributed by atoms with Crippen LogP contribution in [0.25, 0.3) is 0 Å². The maximum absolute atomic E-state index is 13.6. The van der Waals surface area contributed by atoms with Gasteiger partial charge in [0.05, 0.1) is 6.54 Å². The molecule has 8 heteroatoms. The number of nitrogens with zero attached hydrogens (tertiary/aromatic N) is 2. The first kappa shape index (κ1) is 25.4. The lowest BCUT2D eigenvalue weighted by molar-refractivity contribution is -0.138. The number of likely N-dealkylation sites (tertiary alicyclic amines) is 2. The molecule has 2 amide bonds. The largest absolute Gasteiger partial charge is 0.377 e. The molecule has 0 spiro atoms. The fourth-order valence-corrected chi connectivity index (χ4v) is 6.13. The SMILES string of the molecule is CO[C@H]1CN(C(=O)[C@H](CC(C)C)NC(=O)c2ccc(C3CCN(C4CC4)CC3)cc2)[C@@H]2C(=O)CO[C@H]12. The molecule has 5 rings (SSSR count). The Morgan fingerprint density at radius 2 is 1.81 bits per heavy atom. The molecule has 8 nitrogen and oxygen atoms in total. The molecule has 196 valence electrons. The van der Waals surface area contributed by atoms with E-state index >= 15 is 0 Å². The van der Waals surface area contributed by atoms with E-state index in [0.717, 1.165) is 32.0 Å². The molecule has 0 aromatic heterocycles. The van der Waals surface area contributed by atoms with E-state index in [1.807, 2.05) is 26.0 Å². The fourth-order valence-electron chi connectivity index (χ4n) is 6.13. The molecule has 1 N–H and O–H groups in total. The van der Waals surface area contributed by atoms with Gasteiger partial charge in [-0.2, -0.15) is 0 Å². The molecule has 0 bridgehead atoms. The van der Waals surface area contributed by atoms with E-state index in [9.17, 15) is 14.4 Å². The second-order valence-electron chi connectivity index (χ2n) is 11.3. The summed E-state index contributed by atoms with van der Waals surface area (Å²) in [6, 6.07) is 7.34. The van der Waals surface area contributed by atoms with Crippen LogP contribution in [0.4, 0.5) is 0 Å². The fraction of sp³-hybridized carbons (Fsp3) is 0.679. The summed E-state index contributed by atoms with van der Waals surface area (Å²) in [7, 11) is 1.56. The molecule has 3 aliphatic heterocycles. The van der Waals surface area contributed by atoms with Gasteiger partial charge in [0, 0.05) is 18.7 Å². The number of nitrogens with one attached hydrogen (secondary N) is 1. The van der Waals surface area contributed by atoms with Crippen LogP contribution in [0.3, 0.4) is 0 Å². The summed E-state index contributed by atoms with van der Waals surface area (Å²) in [5, 5.41) is 2.96. The average Bonchev–Trinajstić information content (AvgIpc) is 3.57. The number of ether oxygens (including phenoxy) is 2. The van der Waals surface area contributed by atoms with E-state index in [2.05, 4.69) is 22.3 Å². The highest BCUT2D eigenvalue weighted by molar-refractivity contribution is 5.99. The average molecular weight is 498 g/mol. The molecular formula is C28H39N3O5. The van der Waals surface area contributed by atoms with E-state index in [1.165, 1.54) is 18.4 Å². The molecule has 1 aromatic carbocycles. The summed E-state index contributed by atoms with van der Waals surface area (Å²) in [6.45, 7) is 6.63.